The van der Waals surface area contributed by atoms with E-state index in [2.05, 4.69) is 0 Å². The van der Waals surface area contributed by atoms with Crippen molar-refractivity contribution in [3.63, 3.8) is 0 Å². The van der Waals surface area contributed by atoms with E-state index in [1.54, 1.807) is 13.2 Å². The Morgan fingerprint density at radius 3 is 2.32 bits per heavy atom. The van der Waals surface area contributed by atoms with Gasteiger partial charge in [0, 0.05) is 11.5 Å². The van der Waals surface area contributed by atoms with Gasteiger partial charge in [-0.1, -0.05) is 42.5 Å². The molecule has 0 heterocycles. The molecule has 1 N–H and O–H groups in total. The maximum atomic E-state index is 13.4. The molecule has 4 heteroatoms. The van der Waals surface area contributed by atoms with Crippen LogP contribution in [0.15, 0.2) is 54.6 Å². The lowest BCUT2D eigenvalue weighted by Crippen LogP contribution is -2.21. The van der Waals surface area contributed by atoms with Crippen molar-refractivity contribution in [3.8, 4) is 5.75 Å². The summed E-state index contributed by atoms with van der Waals surface area (Å²) in [6, 6.07) is 16.6. The molecule has 3 nitrogen and oxygen atoms in total. The highest BCUT2D eigenvalue weighted by Gasteiger charge is 2.29. The molecule has 0 aliphatic heterocycles. The molecule has 0 fully saturated rings. The van der Waals surface area contributed by atoms with Crippen LogP contribution in [-0.2, 0) is 4.57 Å². The Balaban J connectivity index is 2.60. The van der Waals surface area contributed by atoms with E-state index in [9.17, 15) is 9.67 Å². The zero-order chi connectivity index (χ0) is 13.7. The molecule has 2 aromatic carbocycles. The van der Waals surface area contributed by atoms with Gasteiger partial charge in [0.1, 0.15) is 12.9 Å². The van der Waals surface area contributed by atoms with E-state index in [4.69, 9.17) is 4.74 Å². The van der Waals surface area contributed by atoms with Crippen LogP contribution in [0.1, 0.15) is 0 Å². The molecule has 0 spiro atoms. The first-order valence-corrected chi connectivity index (χ1v) is 8.00. The van der Waals surface area contributed by atoms with Gasteiger partial charge < -0.3 is 14.4 Å². The first kappa shape index (κ1) is 13.9. The SMILES string of the molecule is COc1ccccc1P(=O)(CCO)c1ccccc1. The number of hydrogen-bond donors (Lipinski definition) is 1. The predicted octanol–water partition coefficient (Wildman–Crippen LogP) is 2.00. The molecule has 0 aromatic heterocycles. The Kier molecular flexibility index (Phi) is 4.41. The van der Waals surface area contributed by atoms with Crippen molar-refractivity contribution in [1.29, 1.82) is 0 Å². The van der Waals surface area contributed by atoms with E-state index in [0.717, 1.165) is 5.30 Å². The summed E-state index contributed by atoms with van der Waals surface area (Å²) in [5.74, 6) is 0.600. The number of ether oxygens (including phenoxy) is 1. The molecule has 19 heavy (non-hydrogen) atoms. The molecule has 0 radical (unpaired) electrons. The predicted molar refractivity (Wildman–Crippen MR) is 78.3 cm³/mol. The van der Waals surface area contributed by atoms with E-state index in [0.29, 0.717) is 11.1 Å². The van der Waals surface area contributed by atoms with Gasteiger partial charge in [-0.2, -0.15) is 0 Å². The van der Waals surface area contributed by atoms with Crippen LogP contribution in [-0.4, -0.2) is 25.0 Å². The minimum Gasteiger partial charge on any atom is -0.496 e. The van der Waals surface area contributed by atoms with Crippen molar-refractivity contribution in [3.05, 3.63) is 54.6 Å². The Morgan fingerprint density at radius 1 is 1.05 bits per heavy atom. The third kappa shape index (κ3) is 2.73. The van der Waals surface area contributed by atoms with Crippen LogP contribution >= 0.6 is 7.14 Å². The third-order valence-electron chi connectivity index (χ3n) is 3.06. The summed E-state index contributed by atoms with van der Waals surface area (Å²) in [7, 11) is -1.29. The lowest BCUT2D eigenvalue weighted by Gasteiger charge is -2.20. The van der Waals surface area contributed by atoms with E-state index in [1.807, 2.05) is 48.5 Å². The number of aliphatic hydroxyl groups is 1. The molecule has 0 aliphatic rings. The van der Waals surface area contributed by atoms with Crippen molar-refractivity contribution in [1.82, 2.24) is 0 Å². The van der Waals surface area contributed by atoms with Gasteiger partial charge in [-0.25, -0.2) is 0 Å². The zero-order valence-electron chi connectivity index (χ0n) is 10.8. The lowest BCUT2D eigenvalue weighted by atomic mass is 10.3. The summed E-state index contributed by atoms with van der Waals surface area (Å²) in [5.41, 5.74) is 0. The Labute approximate surface area is 113 Å². The van der Waals surface area contributed by atoms with E-state index in [-0.39, 0.29) is 12.8 Å². The van der Waals surface area contributed by atoms with Crippen molar-refractivity contribution in [2.45, 2.75) is 0 Å². The van der Waals surface area contributed by atoms with Gasteiger partial charge in [-0.15, -0.1) is 0 Å². The lowest BCUT2D eigenvalue weighted by molar-refractivity contribution is 0.320. The highest BCUT2D eigenvalue weighted by molar-refractivity contribution is 7.78. The maximum Gasteiger partial charge on any atom is 0.149 e. The van der Waals surface area contributed by atoms with Gasteiger partial charge in [-0.3, -0.25) is 0 Å². The van der Waals surface area contributed by atoms with Crippen LogP contribution in [0.3, 0.4) is 0 Å². The van der Waals surface area contributed by atoms with Gasteiger partial charge in [-0.05, 0) is 12.1 Å². The monoisotopic (exact) mass is 276 g/mol. The average Bonchev–Trinajstić information content (AvgIpc) is 2.48. The second-order valence-corrected chi connectivity index (χ2v) is 7.12. The molecule has 0 aliphatic carbocycles. The van der Waals surface area contributed by atoms with Crippen LogP contribution in [0.5, 0.6) is 5.75 Å². The molecule has 100 valence electrons. The van der Waals surface area contributed by atoms with Gasteiger partial charge in [0.2, 0.25) is 0 Å². The molecule has 2 aromatic rings. The molecular weight excluding hydrogens is 259 g/mol. The van der Waals surface area contributed by atoms with Gasteiger partial charge in [0.25, 0.3) is 0 Å². The van der Waals surface area contributed by atoms with E-state index >= 15 is 0 Å². The van der Waals surface area contributed by atoms with Crippen molar-refractivity contribution in [2.24, 2.45) is 0 Å². The topological polar surface area (TPSA) is 46.5 Å². The van der Waals surface area contributed by atoms with Gasteiger partial charge in [0.05, 0.1) is 19.0 Å². The Bertz CT molecular complexity index is 581. The van der Waals surface area contributed by atoms with Crippen LogP contribution in [0, 0.1) is 0 Å². The van der Waals surface area contributed by atoms with Crippen LogP contribution in [0.4, 0.5) is 0 Å². The second kappa shape index (κ2) is 6.05. The number of benzene rings is 2. The number of aliphatic hydroxyl groups excluding tert-OH is 1. The first-order chi connectivity index (χ1) is 9.22. The van der Waals surface area contributed by atoms with Gasteiger partial charge in [0.15, 0.2) is 0 Å². The fourth-order valence-electron chi connectivity index (χ4n) is 2.13. The molecule has 1 atom stereocenters. The number of para-hydroxylation sites is 1. The average molecular weight is 276 g/mol. The minimum atomic E-state index is -2.85. The van der Waals surface area contributed by atoms with E-state index < -0.39 is 7.14 Å². The highest BCUT2D eigenvalue weighted by Crippen LogP contribution is 2.45. The largest absolute Gasteiger partial charge is 0.496 e. The van der Waals surface area contributed by atoms with Crippen LogP contribution in [0.2, 0.25) is 0 Å². The zero-order valence-corrected chi connectivity index (χ0v) is 11.7. The minimum absolute atomic E-state index is 0.121. The molecule has 2 rings (SSSR count). The fraction of sp³-hybridized carbons (Fsp3) is 0.200. The fourth-order valence-corrected chi connectivity index (χ4v) is 4.69. The van der Waals surface area contributed by atoms with Gasteiger partial charge >= 0.3 is 0 Å². The molecule has 0 bridgehead atoms. The Hall–Kier alpha value is -1.57. The number of rotatable bonds is 5. The maximum absolute atomic E-state index is 13.4. The number of methoxy groups -OCH3 is 1. The summed E-state index contributed by atoms with van der Waals surface area (Å²) in [6.45, 7) is -0.121. The van der Waals surface area contributed by atoms with Crippen LogP contribution in [0.25, 0.3) is 0 Å². The molecule has 0 saturated carbocycles. The smallest absolute Gasteiger partial charge is 0.149 e. The van der Waals surface area contributed by atoms with Crippen molar-refractivity contribution < 1.29 is 14.4 Å². The summed E-state index contributed by atoms with van der Waals surface area (Å²) in [6.07, 6.45) is 0.220. The van der Waals surface area contributed by atoms with Crippen molar-refractivity contribution in [2.75, 3.05) is 19.9 Å². The number of hydrogen-bond acceptors (Lipinski definition) is 3. The molecule has 0 amide bonds. The standard InChI is InChI=1S/C15H17O3P/c1-18-14-9-5-6-10-15(14)19(17,12-11-16)13-7-3-2-4-8-13/h2-10,16H,11-12H2,1H3. The van der Waals surface area contributed by atoms with Crippen LogP contribution < -0.4 is 15.3 Å². The summed E-state index contributed by atoms with van der Waals surface area (Å²) < 4.78 is 18.7. The Morgan fingerprint density at radius 2 is 1.68 bits per heavy atom. The first-order valence-electron chi connectivity index (χ1n) is 6.11. The normalized spacial score (nSPS) is 13.8. The highest BCUT2D eigenvalue weighted by atomic mass is 31.2. The molecule has 1 unspecified atom stereocenters. The quantitative estimate of drug-likeness (QED) is 0.850. The molecule has 0 saturated heterocycles. The summed E-state index contributed by atoms with van der Waals surface area (Å²) in [4.78, 5) is 0. The summed E-state index contributed by atoms with van der Waals surface area (Å²) in [5, 5.41) is 10.7. The van der Waals surface area contributed by atoms with Crippen molar-refractivity contribution >= 4 is 17.8 Å². The molecular formula is C15H17O3P. The summed E-state index contributed by atoms with van der Waals surface area (Å²) >= 11 is 0. The third-order valence-corrected chi connectivity index (χ3v) is 6.17. The van der Waals surface area contributed by atoms with E-state index in [1.165, 1.54) is 0 Å². The second-order valence-electron chi connectivity index (χ2n) is 4.19.